The van der Waals surface area contributed by atoms with E-state index >= 15 is 0 Å². The van der Waals surface area contributed by atoms with Gasteiger partial charge < -0.3 is 14.3 Å². The fraction of sp³-hybridized carbons (Fsp3) is 0.481. The highest BCUT2D eigenvalue weighted by Crippen LogP contribution is 2.47. The van der Waals surface area contributed by atoms with Crippen LogP contribution in [0, 0.1) is 17.8 Å². The molecular weight excluding hydrogens is 398 g/mol. The van der Waals surface area contributed by atoms with Crippen LogP contribution in [0.2, 0.25) is 0 Å². The molecule has 0 saturated carbocycles. The Labute approximate surface area is 189 Å². The first-order chi connectivity index (χ1) is 15.5. The first-order valence-corrected chi connectivity index (χ1v) is 12.1. The number of ketones is 1. The normalized spacial score (nSPS) is 23.7. The number of benzene rings is 2. The number of piperidine rings is 2. The highest BCUT2D eigenvalue weighted by molar-refractivity contribution is 6.28. The highest BCUT2D eigenvalue weighted by Gasteiger charge is 2.36. The van der Waals surface area contributed by atoms with Crippen molar-refractivity contribution in [1.82, 2.24) is 5.16 Å². The summed E-state index contributed by atoms with van der Waals surface area (Å²) in [7, 11) is 0. The predicted octanol–water partition coefficient (Wildman–Crippen LogP) is 5.76. The summed E-state index contributed by atoms with van der Waals surface area (Å²) in [4.78, 5) is 18.7. The van der Waals surface area contributed by atoms with Gasteiger partial charge in [0.15, 0.2) is 11.5 Å². The standard InChI is InChI=1S/C27H31N3O2/c1-16-8-10-29(11-9-16)21-13-22(30-14-17(2)12-18(3)15-30)25-24-23(21)26(31)19-6-4-5-7-20(19)27(24)32-28-25/h4-7,13,16-18H,8-12,14-15H2,1-3H3/t17-,18-/m0/s1. The van der Waals surface area contributed by atoms with Gasteiger partial charge in [0.2, 0.25) is 0 Å². The molecule has 1 aromatic heterocycles. The molecule has 2 saturated heterocycles. The summed E-state index contributed by atoms with van der Waals surface area (Å²) in [6.07, 6.45) is 3.57. The maximum atomic E-state index is 13.8. The van der Waals surface area contributed by atoms with Crippen molar-refractivity contribution in [3.05, 3.63) is 41.5 Å². The molecule has 5 heteroatoms. The van der Waals surface area contributed by atoms with E-state index in [2.05, 4.69) is 41.8 Å². The first-order valence-electron chi connectivity index (χ1n) is 12.1. The lowest BCUT2D eigenvalue weighted by Gasteiger charge is -2.38. The van der Waals surface area contributed by atoms with Crippen LogP contribution >= 0.6 is 0 Å². The molecule has 0 spiro atoms. The zero-order valence-electron chi connectivity index (χ0n) is 19.2. The smallest absolute Gasteiger partial charge is 0.196 e. The van der Waals surface area contributed by atoms with Gasteiger partial charge in [-0.15, -0.1) is 0 Å². The van der Waals surface area contributed by atoms with Crippen LogP contribution in [0.15, 0.2) is 34.9 Å². The van der Waals surface area contributed by atoms with Gasteiger partial charge in [0.05, 0.1) is 22.3 Å². The SMILES string of the molecule is CC1CCN(c2cc(N3C[C@@H](C)C[C@H](C)C3)c3noc4c3c2C(=O)c2ccccc2-4)CC1. The Hall–Kier alpha value is -2.82. The summed E-state index contributed by atoms with van der Waals surface area (Å²) in [5.74, 6) is 2.85. The van der Waals surface area contributed by atoms with Crippen LogP contribution in [0.1, 0.15) is 56.0 Å². The number of hydrogen-bond donors (Lipinski definition) is 0. The van der Waals surface area contributed by atoms with Crippen molar-refractivity contribution >= 4 is 28.1 Å². The van der Waals surface area contributed by atoms with E-state index < -0.39 is 0 Å². The Morgan fingerprint density at radius 3 is 2.31 bits per heavy atom. The molecule has 3 heterocycles. The van der Waals surface area contributed by atoms with E-state index in [4.69, 9.17) is 4.52 Å². The third-order valence-corrected chi connectivity index (χ3v) is 7.69. The second-order valence-corrected chi connectivity index (χ2v) is 10.4. The van der Waals surface area contributed by atoms with Crippen molar-refractivity contribution in [3.63, 3.8) is 0 Å². The zero-order valence-corrected chi connectivity index (χ0v) is 19.2. The van der Waals surface area contributed by atoms with E-state index in [9.17, 15) is 4.79 Å². The summed E-state index contributed by atoms with van der Waals surface area (Å²) in [6, 6.07) is 10.0. The Kier molecular flexibility index (Phi) is 4.56. The largest absolute Gasteiger partial charge is 0.371 e. The molecule has 32 heavy (non-hydrogen) atoms. The molecule has 0 bridgehead atoms. The molecule has 2 aromatic carbocycles. The minimum atomic E-state index is 0.0989. The second kappa shape index (κ2) is 7.36. The van der Waals surface area contributed by atoms with Crippen LogP contribution < -0.4 is 9.80 Å². The molecule has 0 radical (unpaired) electrons. The van der Waals surface area contributed by atoms with Gasteiger partial charge in [-0.2, -0.15) is 0 Å². The van der Waals surface area contributed by atoms with E-state index in [1.54, 1.807) is 0 Å². The lowest BCUT2D eigenvalue weighted by Crippen LogP contribution is -2.39. The monoisotopic (exact) mass is 429 g/mol. The molecule has 2 aliphatic heterocycles. The number of anilines is 2. The summed E-state index contributed by atoms with van der Waals surface area (Å²) in [6.45, 7) is 11.0. The Balaban J connectivity index is 1.60. The molecule has 0 unspecified atom stereocenters. The molecule has 3 aliphatic rings. The van der Waals surface area contributed by atoms with Gasteiger partial charge in [-0.1, -0.05) is 50.2 Å². The molecule has 6 rings (SSSR count). The minimum Gasteiger partial charge on any atom is -0.371 e. The van der Waals surface area contributed by atoms with Crippen molar-refractivity contribution in [3.8, 4) is 11.3 Å². The molecule has 0 amide bonds. The Morgan fingerprint density at radius 1 is 0.906 bits per heavy atom. The number of fused-ring (bicyclic) bond motifs is 2. The maximum Gasteiger partial charge on any atom is 0.196 e. The van der Waals surface area contributed by atoms with Gasteiger partial charge in [-0.25, -0.2) is 0 Å². The second-order valence-electron chi connectivity index (χ2n) is 10.4. The van der Waals surface area contributed by atoms with Gasteiger partial charge in [-0.05, 0) is 43.1 Å². The van der Waals surface area contributed by atoms with E-state index in [1.165, 1.54) is 6.42 Å². The first kappa shape index (κ1) is 19.8. The summed E-state index contributed by atoms with van der Waals surface area (Å²) < 4.78 is 5.97. The zero-order chi connectivity index (χ0) is 22.0. The lowest BCUT2D eigenvalue weighted by molar-refractivity contribution is 0.104. The van der Waals surface area contributed by atoms with Gasteiger partial charge in [0, 0.05) is 37.3 Å². The fourth-order valence-corrected chi connectivity index (χ4v) is 6.12. The van der Waals surface area contributed by atoms with Crippen molar-refractivity contribution in [2.75, 3.05) is 36.0 Å². The maximum absolute atomic E-state index is 13.8. The lowest BCUT2D eigenvalue weighted by atomic mass is 9.85. The number of aromatic nitrogens is 1. The van der Waals surface area contributed by atoms with Gasteiger partial charge in [0.25, 0.3) is 0 Å². The molecule has 3 aromatic rings. The van der Waals surface area contributed by atoms with Crippen LogP contribution in [0.25, 0.3) is 22.2 Å². The van der Waals surface area contributed by atoms with Crippen molar-refractivity contribution < 1.29 is 9.32 Å². The number of rotatable bonds is 2. The molecule has 2 fully saturated rings. The summed E-state index contributed by atoms with van der Waals surface area (Å²) in [5, 5.41) is 5.47. The van der Waals surface area contributed by atoms with Crippen LogP contribution in [0.4, 0.5) is 11.4 Å². The van der Waals surface area contributed by atoms with E-state index in [1.807, 2.05) is 24.3 Å². The molecule has 166 valence electrons. The number of carbonyl (C=O) groups excluding carboxylic acids is 1. The van der Waals surface area contributed by atoms with Crippen LogP contribution in [-0.2, 0) is 0 Å². The molecule has 1 aliphatic carbocycles. The van der Waals surface area contributed by atoms with Gasteiger partial charge >= 0.3 is 0 Å². The van der Waals surface area contributed by atoms with Crippen LogP contribution in [0.3, 0.4) is 0 Å². The molecule has 5 nitrogen and oxygen atoms in total. The molecule has 0 N–H and O–H groups in total. The topological polar surface area (TPSA) is 49.6 Å². The average Bonchev–Trinajstić information content (AvgIpc) is 3.22. The van der Waals surface area contributed by atoms with E-state index in [0.717, 1.165) is 89.7 Å². The number of hydrogen-bond acceptors (Lipinski definition) is 5. The van der Waals surface area contributed by atoms with Gasteiger partial charge in [0.1, 0.15) is 5.52 Å². The van der Waals surface area contributed by atoms with E-state index in [-0.39, 0.29) is 5.78 Å². The Morgan fingerprint density at radius 2 is 1.59 bits per heavy atom. The van der Waals surface area contributed by atoms with Crippen LogP contribution in [-0.4, -0.2) is 37.1 Å². The highest BCUT2D eigenvalue weighted by atomic mass is 16.5. The number of carbonyl (C=O) groups is 1. The van der Waals surface area contributed by atoms with Crippen molar-refractivity contribution in [2.45, 2.75) is 40.0 Å². The Bertz CT molecular complexity index is 1200. The van der Waals surface area contributed by atoms with Crippen molar-refractivity contribution in [1.29, 1.82) is 0 Å². The summed E-state index contributed by atoms with van der Waals surface area (Å²) >= 11 is 0. The van der Waals surface area contributed by atoms with E-state index in [0.29, 0.717) is 11.8 Å². The third-order valence-electron chi connectivity index (χ3n) is 7.69. The van der Waals surface area contributed by atoms with Crippen LogP contribution in [0.5, 0.6) is 0 Å². The minimum absolute atomic E-state index is 0.0989. The summed E-state index contributed by atoms with van der Waals surface area (Å²) in [5.41, 5.74) is 5.40. The average molecular weight is 430 g/mol. The molecular formula is C27H31N3O2. The van der Waals surface area contributed by atoms with Gasteiger partial charge in [-0.3, -0.25) is 4.79 Å². The quantitative estimate of drug-likeness (QED) is 0.406. The number of nitrogens with zero attached hydrogens (tertiary/aromatic N) is 3. The predicted molar refractivity (Wildman–Crippen MR) is 129 cm³/mol. The van der Waals surface area contributed by atoms with Crippen molar-refractivity contribution in [2.24, 2.45) is 17.8 Å². The molecule has 2 atom stereocenters. The fourth-order valence-electron chi connectivity index (χ4n) is 6.12. The third kappa shape index (κ3) is 2.97.